The maximum Gasteiger partial charge on any atom is 0.0710 e. The monoisotopic (exact) mass is 418 g/mol. The van der Waals surface area contributed by atoms with E-state index in [1.54, 1.807) is 0 Å². The molecule has 0 bridgehead atoms. The lowest BCUT2D eigenvalue weighted by molar-refractivity contribution is -0.214. The van der Waals surface area contributed by atoms with E-state index >= 15 is 0 Å². The Morgan fingerprint density at radius 3 is 2.37 bits per heavy atom. The summed E-state index contributed by atoms with van der Waals surface area (Å²) in [7, 11) is 1.18. The highest BCUT2D eigenvalue weighted by atomic mass is 17.1. The number of hydrogen-bond acceptors (Lipinski definition) is 3. The molecule has 3 heteroatoms. The predicted octanol–water partition coefficient (Wildman–Crippen LogP) is 6.88. The van der Waals surface area contributed by atoms with Crippen LogP contribution < -0.4 is 0 Å². The SMILES string of the molecule is CC(C)C/C=C/C[C@H]1CCC2C3C=CC4CC(O)CCC4(C)C3CCC21C.COO. The summed E-state index contributed by atoms with van der Waals surface area (Å²) in [6, 6.07) is 0. The smallest absolute Gasteiger partial charge is 0.0710 e. The molecule has 2 N–H and O–H groups in total. The van der Waals surface area contributed by atoms with Gasteiger partial charge in [-0.3, -0.25) is 5.26 Å². The standard InChI is InChI=1S/C26H42O.CH4O2/c1-18(2)7-5-6-8-19-10-12-23-22-11-9-20-17-21(27)13-15-26(20,4)24(22)14-16-25(19,23)3;1-3-2/h5-6,9,11,18-24,27H,7-8,10,12-17H2,1-4H3;2H,1H3/b6-5+;/t19-,20?,21?,22?,23?,24?,25?,26?;/m0./s1. The Balaban J connectivity index is 0.000000806. The van der Waals surface area contributed by atoms with Gasteiger partial charge in [-0.25, -0.2) is 4.89 Å². The Morgan fingerprint density at radius 2 is 1.67 bits per heavy atom. The molecule has 3 fully saturated rings. The largest absolute Gasteiger partial charge is 0.393 e. The van der Waals surface area contributed by atoms with Gasteiger partial charge in [0.25, 0.3) is 0 Å². The van der Waals surface area contributed by atoms with E-state index in [0.29, 0.717) is 16.7 Å². The van der Waals surface area contributed by atoms with E-state index in [1.807, 2.05) is 0 Å². The highest BCUT2D eigenvalue weighted by Gasteiger charge is 2.58. The van der Waals surface area contributed by atoms with Crippen LogP contribution in [0.5, 0.6) is 0 Å². The molecule has 30 heavy (non-hydrogen) atoms. The fourth-order valence-electron chi connectivity index (χ4n) is 7.72. The second kappa shape index (κ2) is 9.88. The summed E-state index contributed by atoms with van der Waals surface area (Å²) in [6.07, 6.45) is 21.5. The third kappa shape index (κ3) is 4.59. The van der Waals surface area contributed by atoms with Crippen molar-refractivity contribution in [3.05, 3.63) is 24.3 Å². The van der Waals surface area contributed by atoms with Crippen LogP contribution in [0.3, 0.4) is 0 Å². The third-order valence-corrected chi connectivity index (χ3v) is 9.53. The van der Waals surface area contributed by atoms with E-state index in [0.717, 1.165) is 42.4 Å². The van der Waals surface area contributed by atoms with E-state index < -0.39 is 0 Å². The molecule has 172 valence electrons. The average Bonchev–Trinajstić information content (AvgIpc) is 3.03. The maximum atomic E-state index is 10.2. The summed E-state index contributed by atoms with van der Waals surface area (Å²) >= 11 is 0. The summed E-state index contributed by atoms with van der Waals surface area (Å²) in [5, 5.41) is 17.3. The number of fused-ring (bicyclic) bond motifs is 5. The Morgan fingerprint density at radius 1 is 1.00 bits per heavy atom. The van der Waals surface area contributed by atoms with Gasteiger partial charge in [-0.2, -0.15) is 0 Å². The normalized spacial score (nSPS) is 44.9. The van der Waals surface area contributed by atoms with Gasteiger partial charge in [-0.1, -0.05) is 52.0 Å². The highest BCUT2D eigenvalue weighted by molar-refractivity contribution is 5.18. The minimum Gasteiger partial charge on any atom is -0.393 e. The summed E-state index contributed by atoms with van der Waals surface area (Å²) in [6.45, 7) is 9.82. The molecule has 3 saturated carbocycles. The Kier molecular flexibility index (Phi) is 7.91. The van der Waals surface area contributed by atoms with Crippen LogP contribution in [0.15, 0.2) is 24.3 Å². The van der Waals surface area contributed by atoms with E-state index in [-0.39, 0.29) is 6.10 Å². The molecule has 4 rings (SSSR count). The van der Waals surface area contributed by atoms with Crippen LogP contribution in [-0.4, -0.2) is 23.6 Å². The first-order chi connectivity index (χ1) is 14.3. The van der Waals surface area contributed by atoms with Crippen molar-refractivity contribution in [1.29, 1.82) is 0 Å². The van der Waals surface area contributed by atoms with Gasteiger partial charge in [-0.05, 0) is 104 Å². The van der Waals surface area contributed by atoms with Crippen LogP contribution in [0.2, 0.25) is 0 Å². The zero-order valence-corrected chi connectivity index (χ0v) is 20.0. The van der Waals surface area contributed by atoms with Crippen LogP contribution >= 0.6 is 0 Å². The molecule has 7 unspecified atom stereocenters. The molecule has 8 atom stereocenters. The van der Waals surface area contributed by atoms with Crippen molar-refractivity contribution < 1.29 is 15.3 Å². The van der Waals surface area contributed by atoms with Crippen molar-refractivity contribution in [1.82, 2.24) is 0 Å². The molecular formula is C27H46O3. The minimum absolute atomic E-state index is 0.0633. The quantitative estimate of drug-likeness (QED) is 0.297. The van der Waals surface area contributed by atoms with Crippen molar-refractivity contribution in [3.63, 3.8) is 0 Å². The first-order valence-corrected chi connectivity index (χ1v) is 12.4. The molecule has 0 heterocycles. The second-order valence-corrected chi connectivity index (χ2v) is 11.6. The molecule has 0 radical (unpaired) electrons. The molecule has 4 aliphatic rings. The topological polar surface area (TPSA) is 49.7 Å². The lowest BCUT2D eigenvalue weighted by Crippen LogP contribution is -2.52. The van der Waals surface area contributed by atoms with Gasteiger partial charge < -0.3 is 5.11 Å². The van der Waals surface area contributed by atoms with Crippen LogP contribution in [-0.2, 0) is 4.89 Å². The van der Waals surface area contributed by atoms with Crippen molar-refractivity contribution >= 4 is 0 Å². The molecule has 0 saturated heterocycles. The van der Waals surface area contributed by atoms with Gasteiger partial charge in [-0.15, -0.1) is 0 Å². The first-order valence-electron chi connectivity index (χ1n) is 12.4. The van der Waals surface area contributed by atoms with Crippen molar-refractivity contribution in [2.24, 2.45) is 46.3 Å². The molecule has 0 amide bonds. The van der Waals surface area contributed by atoms with Crippen LogP contribution in [0.4, 0.5) is 0 Å². The third-order valence-electron chi connectivity index (χ3n) is 9.53. The van der Waals surface area contributed by atoms with Gasteiger partial charge in [0.15, 0.2) is 0 Å². The summed E-state index contributed by atoms with van der Waals surface area (Å²) in [5.74, 6) is 4.82. The highest BCUT2D eigenvalue weighted by Crippen LogP contribution is 2.66. The van der Waals surface area contributed by atoms with Crippen LogP contribution in [0.25, 0.3) is 0 Å². The van der Waals surface area contributed by atoms with Crippen molar-refractivity contribution in [3.8, 4) is 0 Å². The van der Waals surface area contributed by atoms with Gasteiger partial charge in [0, 0.05) is 0 Å². The fourth-order valence-corrected chi connectivity index (χ4v) is 7.72. The fraction of sp³-hybridized carbons (Fsp3) is 0.852. The second-order valence-electron chi connectivity index (χ2n) is 11.6. The lowest BCUT2D eigenvalue weighted by atomic mass is 9.46. The molecule has 3 nitrogen and oxygen atoms in total. The molecule has 0 spiro atoms. The van der Waals surface area contributed by atoms with E-state index in [1.165, 1.54) is 52.1 Å². The van der Waals surface area contributed by atoms with E-state index in [2.05, 4.69) is 56.9 Å². The van der Waals surface area contributed by atoms with Gasteiger partial charge in [0.2, 0.25) is 0 Å². The average molecular weight is 419 g/mol. The van der Waals surface area contributed by atoms with Crippen molar-refractivity contribution in [2.45, 2.75) is 91.6 Å². The number of aliphatic hydroxyl groups excluding tert-OH is 1. The van der Waals surface area contributed by atoms with Gasteiger partial charge in [0.05, 0.1) is 13.2 Å². The Bertz CT molecular complexity index is 611. The molecule has 4 aliphatic carbocycles. The molecule has 0 aromatic carbocycles. The lowest BCUT2D eigenvalue weighted by Gasteiger charge is -2.58. The number of hydrogen-bond donors (Lipinski definition) is 2. The summed E-state index contributed by atoms with van der Waals surface area (Å²) < 4.78 is 0. The van der Waals surface area contributed by atoms with E-state index in [9.17, 15) is 5.11 Å². The zero-order valence-electron chi connectivity index (χ0n) is 20.0. The molecule has 0 aromatic heterocycles. The van der Waals surface area contributed by atoms with E-state index in [4.69, 9.17) is 5.26 Å². The number of aliphatic hydroxyl groups is 1. The van der Waals surface area contributed by atoms with Crippen molar-refractivity contribution in [2.75, 3.05) is 7.11 Å². The summed E-state index contributed by atoms with van der Waals surface area (Å²) in [4.78, 5) is 3.25. The van der Waals surface area contributed by atoms with Crippen LogP contribution in [0.1, 0.15) is 85.5 Å². The Labute approximate surface area is 184 Å². The van der Waals surface area contributed by atoms with Gasteiger partial charge in [0.1, 0.15) is 0 Å². The Hall–Kier alpha value is -0.640. The molecule has 0 aliphatic heterocycles. The zero-order chi connectivity index (χ0) is 21.9. The predicted molar refractivity (Wildman–Crippen MR) is 124 cm³/mol. The maximum absolute atomic E-state index is 10.2. The van der Waals surface area contributed by atoms with Crippen LogP contribution in [0, 0.1) is 46.3 Å². The molecular weight excluding hydrogens is 372 g/mol. The van der Waals surface area contributed by atoms with Gasteiger partial charge >= 0.3 is 0 Å². The number of allylic oxidation sites excluding steroid dienone is 4. The first kappa shape index (κ1) is 24.0. The number of rotatable bonds is 4. The summed E-state index contributed by atoms with van der Waals surface area (Å²) in [5.41, 5.74) is 0.986. The molecule has 0 aromatic rings. The minimum atomic E-state index is -0.0633.